The van der Waals surface area contributed by atoms with E-state index < -0.39 is 0 Å². The predicted molar refractivity (Wildman–Crippen MR) is 103 cm³/mol. The van der Waals surface area contributed by atoms with Crippen molar-refractivity contribution in [2.24, 2.45) is 52.8 Å². The first-order valence-corrected chi connectivity index (χ1v) is 11.7. The lowest BCUT2D eigenvalue weighted by Crippen LogP contribution is -2.72. The third kappa shape index (κ3) is 2.11. The summed E-state index contributed by atoms with van der Waals surface area (Å²) in [5, 5.41) is 11.0. The number of rotatable bonds is 4. The van der Waals surface area contributed by atoms with Crippen LogP contribution in [-0.4, -0.2) is 22.3 Å². The third-order valence-corrected chi connectivity index (χ3v) is 10.4. The zero-order valence-corrected chi connectivity index (χ0v) is 17.2. The molecule has 0 heterocycles. The normalized spacial score (nSPS) is 59.4. The molecule has 3 heteroatoms. The Kier molecular flexibility index (Phi) is 3.28. The van der Waals surface area contributed by atoms with Gasteiger partial charge >= 0.3 is 5.97 Å². The van der Waals surface area contributed by atoms with Crippen molar-refractivity contribution in [3.8, 4) is 0 Å². The monoisotopic (exact) mass is 372 g/mol. The molecule has 8 fully saturated rings. The Labute approximate surface area is 163 Å². The Morgan fingerprint density at radius 2 is 1.44 bits per heavy atom. The summed E-state index contributed by atoms with van der Waals surface area (Å²) in [6.07, 6.45) is 9.55. The van der Waals surface area contributed by atoms with Crippen molar-refractivity contribution < 1.29 is 14.6 Å². The molecule has 8 rings (SSSR count). The van der Waals surface area contributed by atoms with Gasteiger partial charge in [-0.1, -0.05) is 20.8 Å². The number of hydrogen-bond acceptors (Lipinski definition) is 3. The Balaban J connectivity index is 1.27. The van der Waals surface area contributed by atoms with Gasteiger partial charge in [-0.15, -0.1) is 0 Å². The molecule has 3 nitrogen and oxygen atoms in total. The summed E-state index contributed by atoms with van der Waals surface area (Å²) in [7, 11) is 0. The Hall–Kier alpha value is -0.570. The molecule has 2 atom stereocenters. The molecule has 0 spiro atoms. The summed E-state index contributed by atoms with van der Waals surface area (Å²) >= 11 is 0. The van der Waals surface area contributed by atoms with Gasteiger partial charge in [0.2, 0.25) is 0 Å². The highest BCUT2D eigenvalue weighted by atomic mass is 16.6. The van der Waals surface area contributed by atoms with Crippen LogP contribution >= 0.6 is 0 Å². The summed E-state index contributed by atoms with van der Waals surface area (Å²) < 4.78 is 6.58. The van der Waals surface area contributed by atoms with Crippen LogP contribution in [0.15, 0.2) is 0 Å². The average molecular weight is 373 g/mol. The van der Waals surface area contributed by atoms with E-state index in [2.05, 4.69) is 20.8 Å². The van der Waals surface area contributed by atoms with E-state index >= 15 is 0 Å². The minimum absolute atomic E-state index is 0.146. The minimum Gasteiger partial charge on any atom is -0.459 e. The summed E-state index contributed by atoms with van der Waals surface area (Å²) in [5.41, 5.74) is -0.711. The number of aliphatic hydroxyl groups is 1. The van der Waals surface area contributed by atoms with Gasteiger partial charge in [0.1, 0.15) is 5.60 Å². The summed E-state index contributed by atoms with van der Waals surface area (Å²) in [6, 6.07) is 0. The summed E-state index contributed by atoms with van der Waals surface area (Å²) in [5.74, 6) is 5.44. The van der Waals surface area contributed by atoms with Gasteiger partial charge in [0.15, 0.2) is 0 Å². The minimum atomic E-state index is -0.347. The molecule has 2 unspecified atom stereocenters. The zero-order valence-electron chi connectivity index (χ0n) is 17.2. The standard InChI is InChI=1S/C24H36O3/c1-13(2)6-24(5-4-14(24)3)21(25)27-23-10-18-15-7-22(26)8-16(18)20(12-23)17(9-22)19(15)11-23/h13-20,26H,4-12H2,1-3H3. The van der Waals surface area contributed by atoms with Crippen LogP contribution in [0.1, 0.15) is 78.6 Å². The fourth-order valence-corrected chi connectivity index (χ4v) is 9.45. The number of carbonyl (C=O) groups is 1. The Morgan fingerprint density at radius 1 is 0.963 bits per heavy atom. The van der Waals surface area contributed by atoms with Crippen LogP contribution in [0.2, 0.25) is 0 Å². The quantitative estimate of drug-likeness (QED) is 0.736. The van der Waals surface area contributed by atoms with Crippen molar-refractivity contribution in [2.75, 3.05) is 0 Å². The Morgan fingerprint density at radius 3 is 1.81 bits per heavy atom. The highest BCUT2D eigenvalue weighted by molar-refractivity contribution is 5.79. The van der Waals surface area contributed by atoms with Crippen molar-refractivity contribution in [1.82, 2.24) is 0 Å². The lowest BCUT2D eigenvalue weighted by Gasteiger charge is -2.73. The first-order chi connectivity index (χ1) is 12.7. The second kappa shape index (κ2) is 5.12. The molecule has 8 aliphatic rings. The van der Waals surface area contributed by atoms with E-state index in [-0.39, 0.29) is 22.6 Å². The highest BCUT2D eigenvalue weighted by Crippen LogP contribution is 2.73. The largest absolute Gasteiger partial charge is 0.459 e. The second-order valence-electron chi connectivity index (χ2n) is 12.2. The molecule has 150 valence electrons. The fraction of sp³-hybridized carbons (Fsp3) is 0.958. The molecule has 0 aromatic carbocycles. The van der Waals surface area contributed by atoms with Gasteiger partial charge < -0.3 is 9.84 Å². The second-order valence-corrected chi connectivity index (χ2v) is 12.2. The molecule has 0 aromatic heterocycles. The highest BCUT2D eigenvalue weighted by Gasteiger charge is 2.71. The topological polar surface area (TPSA) is 46.5 Å². The van der Waals surface area contributed by atoms with Crippen LogP contribution in [0.5, 0.6) is 0 Å². The van der Waals surface area contributed by atoms with Gasteiger partial charge in [-0.25, -0.2) is 0 Å². The van der Waals surface area contributed by atoms with E-state index in [1.54, 1.807) is 0 Å². The first-order valence-electron chi connectivity index (χ1n) is 11.7. The van der Waals surface area contributed by atoms with E-state index in [0.717, 1.165) is 51.4 Å². The molecule has 0 radical (unpaired) electrons. The van der Waals surface area contributed by atoms with Crippen molar-refractivity contribution in [2.45, 2.75) is 89.8 Å². The molecule has 0 amide bonds. The van der Waals surface area contributed by atoms with Crippen LogP contribution in [0.3, 0.4) is 0 Å². The number of ether oxygens (including phenoxy) is 1. The molecule has 0 saturated heterocycles. The van der Waals surface area contributed by atoms with Gasteiger partial charge in [0, 0.05) is 0 Å². The molecular weight excluding hydrogens is 336 g/mol. The molecule has 1 N–H and O–H groups in total. The lowest BCUT2D eigenvalue weighted by atomic mass is 9.34. The number of hydrogen-bond donors (Lipinski definition) is 1. The van der Waals surface area contributed by atoms with Crippen molar-refractivity contribution in [3.05, 3.63) is 0 Å². The molecule has 0 aromatic rings. The fourth-order valence-electron chi connectivity index (χ4n) is 9.45. The van der Waals surface area contributed by atoms with E-state index in [0.29, 0.717) is 47.3 Å². The summed E-state index contributed by atoms with van der Waals surface area (Å²) in [6.45, 7) is 6.74. The predicted octanol–water partition coefficient (Wildman–Crippen LogP) is 4.57. The van der Waals surface area contributed by atoms with Gasteiger partial charge in [-0.05, 0) is 105 Å². The van der Waals surface area contributed by atoms with Crippen LogP contribution in [0, 0.1) is 52.8 Å². The van der Waals surface area contributed by atoms with Crippen LogP contribution in [0.4, 0.5) is 0 Å². The lowest BCUT2D eigenvalue weighted by molar-refractivity contribution is -0.296. The average Bonchev–Trinajstić information content (AvgIpc) is 2.60. The zero-order chi connectivity index (χ0) is 18.8. The van der Waals surface area contributed by atoms with E-state index in [4.69, 9.17) is 4.74 Å². The molecular formula is C24H36O3. The third-order valence-electron chi connectivity index (χ3n) is 10.4. The molecule has 27 heavy (non-hydrogen) atoms. The smallest absolute Gasteiger partial charge is 0.312 e. The van der Waals surface area contributed by atoms with Crippen LogP contribution in [-0.2, 0) is 9.53 Å². The van der Waals surface area contributed by atoms with Gasteiger partial charge in [0.05, 0.1) is 11.0 Å². The van der Waals surface area contributed by atoms with Gasteiger partial charge in [0.25, 0.3) is 0 Å². The van der Waals surface area contributed by atoms with E-state index in [1.807, 2.05) is 0 Å². The van der Waals surface area contributed by atoms with Gasteiger partial charge in [-0.2, -0.15) is 0 Å². The van der Waals surface area contributed by atoms with E-state index in [1.165, 1.54) is 6.42 Å². The Bertz CT molecular complexity index is 618. The number of esters is 1. The SMILES string of the molecule is CC(C)CC1(C(=O)OC23CC4C5CC6(O)CC4C(C2)C(C6)C5C3)CCC1C. The summed E-state index contributed by atoms with van der Waals surface area (Å²) in [4.78, 5) is 13.5. The van der Waals surface area contributed by atoms with Crippen LogP contribution < -0.4 is 0 Å². The maximum absolute atomic E-state index is 13.5. The number of carbonyl (C=O) groups excluding carboxylic acids is 1. The maximum Gasteiger partial charge on any atom is 0.312 e. The molecule has 8 saturated carbocycles. The first kappa shape index (κ1) is 17.3. The molecule has 8 aliphatic carbocycles. The van der Waals surface area contributed by atoms with Crippen molar-refractivity contribution >= 4 is 5.97 Å². The van der Waals surface area contributed by atoms with E-state index in [9.17, 15) is 9.90 Å². The van der Waals surface area contributed by atoms with Crippen LogP contribution in [0.25, 0.3) is 0 Å². The van der Waals surface area contributed by atoms with Gasteiger partial charge in [-0.3, -0.25) is 4.79 Å². The molecule has 8 bridgehead atoms. The maximum atomic E-state index is 13.5. The van der Waals surface area contributed by atoms with Crippen molar-refractivity contribution in [3.63, 3.8) is 0 Å². The molecule has 0 aliphatic heterocycles. The van der Waals surface area contributed by atoms with Crippen molar-refractivity contribution in [1.29, 1.82) is 0 Å².